The molecule has 4 nitrogen and oxygen atoms in total. The van der Waals surface area contributed by atoms with Crippen molar-refractivity contribution in [3.05, 3.63) is 51.6 Å². The summed E-state index contributed by atoms with van der Waals surface area (Å²) in [6.45, 7) is 1.76. The van der Waals surface area contributed by atoms with Gasteiger partial charge in [-0.3, -0.25) is 4.79 Å². The number of carbonyl (C=O) groups excluding carboxylic acids is 1. The number of halogens is 3. The van der Waals surface area contributed by atoms with Crippen LogP contribution in [0.25, 0.3) is 5.69 Å². The van der Waals surface area contributed by atoms with Gasteiger partial charge in [-0.05, 0) is 44.4 Å². The normalized spacial score (nSPS) is 10.4. The highest BCUT2D eigenvalue weighted by Gasteiger charge is 2.24. The van der Waals surface area contributed by atoms with E-state index in [0.717, 1.165) is 6.42 Å². The van der Waals surface area contributed by atoms with E-state index >= 15 is 0 Å². The van der Waals surface area contributed by atoms with Crippen LogP contribution in [0.5, 0.6) is 0 Å². The van der Waals surface area contributed by atoms with E-state index in [0.29, 0.717) is 46.9 Å². The van der Waals surface area contributed by atoms with E-state index in [2.05, 4.69) is 22.0 Å². The van der Waals surface area contributed by atoms with Gasteiger partial charge in [0.25, 0.3) is 0 Å². The minimum Gasteiger partial charge on any atom is -0.316 e. The summed E-state index contributed by atoms with van der Waals surface area (Å²) in [5, 5.41) is 18.1. The van der Waals surface area contributed by atoms with Crippen molar-refractivity contribution in [1.29, 1.82) is 10.5 Å². The predicted octanol–water partition coefficient (Wildman–Crippen LogP) is 5.26. The molecule has 26 heavy (non-hydrogen) atoms. The van der Waals surface area contributed by atoms with Crippen LogP contribution in [0, 0.1) is 35.4 Å². The maximum absolute atomic E-state index is 14.1. The minimum absolute atomic E-state index is 0.0445. The van der Waals surface area contributed by atoms with Gasteiger partial charge in [0.1, 0.15) is 11.9 Å². The quantitative estimate of drug-likeness (QED) is 0.337. The van der Waals surface area contributed by atoms with Gasteiger partial charge < -0.3 is 4.57 Å². The Kier molecular flexibility index (Phi) is 6.97. The molecule has 1 aromatic heterocycles. The van der Waals surface area contributed by atoms with Gasteiger partial charge in [0.05, 0.1) is 27.5 Å². The summed E-state index contributed by atoms with van der Waals surface area (Å²) in [5.41, 5.74) is 2.19. The Morgan fingerprint density at radius 3 is 2.65 bits per heavy atom. The molecule has 1 heterocycles. The number of alkyl halides is 1. The van der Waals surface area contributed by atoms with Gasteiger partial charge >= 0.3 is 0 Å². The number of unbranched alkanes of at least 4 members (excludes halogenated alkanes) is 2. The Balaban J connectivity index is 2.59. The van der Waals surface area contributed by atoms with E-state index in [1.165, 1.54) is 12.1 Å². The number of carbonyl (C=O) groups is 1. The number of rotatable bonds is 7. The SMILES string of the molecule is Cc1c(C(=O)CBr)c(Cl)c(CCCCC#N)n1-c1ccc(C#N)c(F)c1. The highest BCUT2D eigenvalue weighted by molar-refractivity contribution is 9.09. The molecule has 0 aliphatic carbocycles. The summed E-state index contributed by atoms with van der Waals surface area (Å²) in [4.78, 5) is 12.3. The molecule has 0 saturated heterocycles. The lowest BCUT2D eigenvalue weighted by Gasteiger charge is -2.12. The largest absolute Gasteiger partial charge is 0.316 e. The van der Waals surface area contributed by atoms with Crippen LogP contribution >= 0.6 is 27.5 Å². The third kappa shape index (κ3) is 3.98. The predicted molar refractivity (Wildman–Crippen MR) is 101 cm³/mol. The molecule has 0 aliphatic heterocycles. The Bertz CT molecular complexity index is 924. The van der Waals surface area contributed by atoms with Gasteiger partial charge in [-0.15, -0.1) is 0 Å². The maximum Gasteiger partial charge on any atom is 0.176 e. The molecule has 134 valence electrons. The van der Waals surface area contributed by atoms with Crippen LogP contribution in [0.2, 0.25) is 5.02 Å². The lowest BCUT2D eigenvalue weighted by molar-refractivity contribution is 0.102. The first kappa shape index (κ1) is 20.2. The number of hydrogen-bond acceptors (Lipinski definition) is 3. The van der Waals surface area contributed by atoms with Crippen LogP contribution in [-0.4, -0.2) is 15.7 Å². The molecule has 7 heteroatoms. The van der Waals surface area contributed by atoms with Gasteiger partial charge in [-0.25, -0.2) is 4.39 Å². The van der Waals surface area contributed by atoms with Gasteiger partial charge in [-0.1, -0.05) is 27.5 Å². The van der Waals surface area contributed by atoms with Crippen LogP contribution in [-0.2, 0) is 6.42 Å². The zero-order chi connectivity index (χ0) is 19.3. The van der Waals surface area contributed by atoms with Crippen LogP contribution in [0.15, 0.2) is 18.2 Å². The van der Waals surface area contributed by atoms with E-state index < -0.39 is 5.82 Å². The number of aromatic nitrogens is 1. The van der Waals surface area contributed by atoms with E-state index in [1.807, 2.05) is 0 Å². The molecule has 0 unspecified atom stereocenters. The summed E-state index contributed by atoms with van der Waals surface area (Å²) >= 11 is 9.66. The van der Waals surface area contributed by atoms with Crippen molar-refractivity contribution in [3.8, 4) is 17.8 Å². The summed E-state index contributed by atoms with van der Waals surface area (Å²) in [6, 6.07) is 8.20. The molecule has 0 saturated carbocycles. The van der Waals surface area contributed by atoms with Crippen molar-refractivity contribution >= 4 is 33.3 Å². The first-order chi connectivity index (χ1) is 12.5. The second-order valence-corrected chi connectivity index (χ2v) is 6.69. The van der Waals surface area contributed by atoms with Crippen molar-refractivity contribution in [3.63, 3.8) is 0 Å². The number of Topliss-reactive ketones (excluding diaryl/α,β-unsaturated/α-hetero) is 1. The van der Waals surface area contributed by atoms with Crippen LogP contribution in [0.4, 0.5) is 4.39 Å². The molecule has 0 atom stereocenters. The molecular formula is C19H16BrClFN3O. The van der Waals surface area contributed by atoms with Crippen LogP contribution < -0.4 is 0 Å². The molecule has 1 aromatic carbocycles. The maximum atomic E-state index is 14.1. The molecule has 0 amide bonds. The summed E-state index contributed by atoms with van der Waals surface area (Å²) in [6.07, 6.45) is 2.42. The first-order valence-corrected chi connectivity index (χ1v) is 9.52. The molecule has 2 rings (SSSR count). The Hall–Kier alpha value is -2.15. The van der Waals surface area contributed by atoms with E-state index in [4.69, 9.17) is 22.1 Å². The molecule has 0 spiro atoms. The first-order valence-electron chi connectivity index (χ1n) is 8.02. The van der Waals surface area contributed by atoms with Crippen molar-refractivity contribution < 1.29 is 9.18 Å². The third-order valence-corrected chi connectivity index (χ3v) is 5.04. The number of hydrogen-bond donors (Lipinski definition) is 0. The summed E-state index contributed by atoms with van der Waals surface area (Å²) < 4.78 is 15.9. The smallest absolute Gasteiger partial charge is 0.176 e. The van der Waals surface area contributed by atoms with Gasteiger partial charge in [0, 0.05) is 23.5 Å². The number of benzene rings is 1. The van der Waals surface area contributed by atoms with E-state index in [9.17, 15) is 9.18 Å². The number of nitriles is 2. The summed E-state index contributed by atoms with van der Waals surface area (Å²) in [7, 11) is 0. The third-order valence-electron chi connectivity index (χ3n) is 4.12. The average Bonchev–Trinajstić information content (AvgIpc) is 2.88. The van der Waals surface area contributed by atoms with Crippen LogP contribution in [0.1, 0.15) is 46.6 Å². The Morgan fingerprint density at radius 1 is 1.35 bits per heavy atom. The fraction of sp³-hybridized carbons (Fsp3) is 0.316. The van der Waals surface area contributed by atoms with Crippen molar-refractivity contribution in [1.82, 2.24) is 4.57 Å². The molecule has 0 aliphatic rings. The van der Waals surface area contributed by atoms with Crippen molar-refractivity contribution in [2.45, 2.75) is 32.6 Å². The van der Waals surface area contributed by atoms with Crippen molar-refractivity contribution in [2.75, 3.05) is 5.33 Å². The van der Waals surface area contributed by atoms with Gasteiger partial charge in [-0.2, -0.15) is 10.5 Å². The fourth-order valence-corrected chi connectivity index (χ4v) is 3.61. The standard InChI is InChI=1S/C19H16BrClFN3O/c1-12-18(17(26)10-20)19(21)16(5-3-2-4-8-23)25(12)14-7-6-13(11-24)15(22)9-14/h6-7,9H,2-5,10H2,1H3. The highest BCUT2D eigenvalue weighted by atomic mass is 79.9. The zero-order valence-corrected chi connectivity index (χ0v) is 16.5. The topological polar surface area (TPSA) is 69.6 Å². The minimum atomic E-state index is -0.627. The second kappa shape index (κ2) is 8.98. The lowest BCUT2D eigenvalue weighted by Crippen LogP contribution is -2.06. The monoisotopic (exact) mass is 435 g/mol. The van der Waals surface area contributed by atoms with E-state index in [1.54, 1.807) is 23.6 Å². The lowest BCUT2D eigenvalue weighted by atomic mass is 10.1. The number of nitrogens with zero attached hydrogens (tertiary/aromatic N) is 3. The van der Waals surface area contributed by atoms with Crippen molar-refractivity contribution in [2.24, 2.45) is 0 Å². The molecule has 2 aromatic rings. The van der Waals surface area contributed by atoms with Gasteiger partial charge in [0.2, 0.25) is 0 Å². The molecule has 0 N–H and O–H groups in total. The van der Waals surface area contributed by atoms with Crippen LogP contribution in [0.3, 0.4) is 0 Å². The van der Waals surface area contributed by atoms with Gasteiger partial charge in [0.15, 0.2) is 5.78 Å². The fourth-order valence-electron chi connectivity index (χ4n) is 2.91. The Morgan fingerprint density at radius 2 is 2.08 bits per heavy atom. The molecule has 0 bridgehead atoms. The molecule has 0 fully saturated rings. The zero-order valence-electron chi connectivity index (χ0n) is 14.2. The van der Waals surface area contributed by atoms with E-state index in [-0.39, 0.29) is 16.7 Å². The molecular weight excluding hydrogens is 421 g/mol. The second-order valence-electron chi connectivity index (χ2n) is 5.75. The Labute approximate surface area is 164 Å². The average molecular weight is 437 g/mol. The number of ketones is 1. The molecule has 0 radical (unpaired) electrons. The summed E-state index contributed by atoms with van der Waals surface area (Å²) in [5.74, 6) is -0.781. The highest BCUT2D eigenvalue weighted by Crippen LogP contribution is 2.33.